The molecular formula is C13H20N4S. The molecule has 1 atom stereocenters. The Hall–Kier alpha value is -1.20. The van der Waals surface area contributed by atoms with Crippen molar-refractivity contribution in [2.75, 3.05) is 7.05 Å². The first-order chi connectivity index (χ1) is 8.65. The fraction of sp³-hybridized carbons (Fsp3) is 0.538. The van der Waals surface area contributed by atoms with E-state index in [2.05, 4.69) is 42.2 Å². The molecule has 0 amide bonds. The van der Waals surface area contributed by atoms with E-state index in [1.165, 1.54) is 15.3 Å². The average Bonchev–Trinajstić information content (AvgIpc) is 2.93. The molecule has 2 heterocycles. The van der Waals surface area contributed by atoms with Gasteiger partial charge in [0.1, 0.15) is 12.2 Å². The maximum atomic E-state index is 4.35. The van der Waals surface area contributed by atoms with Crippen LogP contribution in [0, 0.1) is 13.8 Å². The van der Waals surface area contributed by atoms with Gasteiger partial charge in [0.05, 0.1) is 0 Å². The number of aromatic nitrogens is 3. The van der Waals surface area contributed by atoms with Crippen LogP contribution in [0.25, 0.3) is 0 Å². The first-order valence-electron chi connectivity index (χ1n) is 6.26. The van der Waals surface area contributed by atoms with Crippen LogP contribution in [0.4, 0.5) is 0 Å². The largest absolute Gasteiger partial charge is 0.312 e. The zero-order valence-electron chi connectivity index (χ0n) is 11.4. The third kappa shape index (κ3) is 2.62. The zero-order valence-corrected chi connectivity index (χ0v) is 12.2. The summed E-state index contributed by atoms with van der Waals surface area (Å²) in [5.41, 5.74) is 1.37. The highest BCUT2D eigenvalue weighted by atomic mass is 32.1. The zero-order chi connectivity index (χ0) is 13.1. The van der Waals surface area contributed by atoms with Gasteiger partial charge in [0.2, 0.25) is 0 Å². The first-order valence-corrected chi connectivity index (χ1v) is 7.08. The maximum Gasteiger partial charge on any atom is 0.138 e. The molecule has 0 aliphatic heterocycles. The smallest absolute Gasteiger partial charge is 0.138 e. The predicted molar refractivity (Wildman–Crippen MR) is 75.0 cm³/mol. The predicted octanol–water partition coefficient (Wildman–Crippen LogP) is 2.48. The van der Waals surface area contributed by atoms with Crippen molar-refractivity contribution in [1.29, 1.82) is 0 Å². The van der Waals surface area contributed by atoms with Crippen LogP contribution in [-0.2, 0) is 13.0 Å². The molecule has 0 aliphatic rings. The minimum Gasteiger partial charge on any atom is -0.312 e. The Morgan fingerprint density at radius 3 is 2.78 bits per heavy atom. The van der Waals surface area contributed by atoms with E-state index in [1.807, 2.05) is 23.1 Å². The molecule has 5 heteroatoms. The van der Waals surface area contributed by atoms with Gasteiger partial charge in [-0.3, -0.25) is 4.68 Å². The number of aryl methyl sites for hydroxylation is 3. The lowest BCUT2D eigenvalue weighted by atomic mass is 10.1. The molecule has 1 unspecified atom stereocenters. The molecule has 0 saturated carbocycles. The van der Waals surface area contributed by atoms with Gasteiger partial charge in [0, 0.05) is 28.8 Å². The van der Waals surface area contributed by atoms with Crippen LogP contribution in [-0.4, -0.2) is 21.8 Å². The van der Waals surface area contributed by atoms with Crippen LogP contribution < -0.4 is 5.32 Å². The van der Waals surface area contributed by atoms with E-state index in [0.29, 0.717) is 6.04 Å². The van der Waals surface area contributed by atoms with Crippen LogP contribution in [0.3, 0.4) is 0 Å². The highest BCUT2D eigenvalue weighted by Crippen LogP contribution is 2.28. The van der Waals surface area contributed by atoms with Gasteiger partial charge in [-0.1, -0.05) is 0 Å². The lowest BCUT2D eigenvalue weighted by Gasteiger charge is -2.14. The number of nitrogens with zero attached hydrogens (tertiary/aromatic N) is 3. The summed E-state index contributed by atoms with van der Waals surface area (Å²) < 4.78 is 1.96. The standard InChI is InChI=1S/C13H20N4S/c1-5-17-13(15-8-16-17)7-11(14-4)12-6-9(2)10(3)18-12/h6,8,11,14H,5,7H2,1-4H3. The van der Waals surface area contributed by atoms with Crippen molar-refractivity contribution in [3.05, 3.63) is 33.5 Å². The van der Waals surface area contributed by atoms with Crippen molar-refractivity contribution >= 4 is 11.3 Å². The molecule has 0 aliphatic carbocycles. The minimum absolute atomic E-state index is 0.317. The van der Waals surface area contributed by atoms with E-state index in [4.69, 9.17) is 0 Å². The topological polar surface area (TPSA) is 42.7 Å². The lowest BCUT2D eigenvalue weighted by molar-refractivity contribution is 0.539. The summed E-state index contributed by atoms with van der Waals surface area (Å²) in [7, 11) is 2.00. The molecule has 0 saturated heterocycles. The van der Waals surface area contributed by atoms with Crippen molar-refractivity contribution in [3.63, 3.8) is 0 Å². The van der Waals surface area contributed by atoms with E-state index in [0.717, 1.165) is 18.8 Å². The van der Waals surface area contributed by atoms with Gasteiger partial charge in [0.15, 0.2) is 0 Å². The number of nitrogens with one attached hydrogen (secondary N) is 1. The molecule has 98 valence electrons. The summed E-state index contributed by atoms with van der Waals surface area (Å²) in [4.78, 5) is 7.11. The van der Waals surface area contributed by atoms with E-state index < -0.39 is 0 Å². The van der Waals surface area contributed by atoms with E-state index in [-0.39, 0.29) is 0 Å². The molecule has 2 rings (SSSR count). The van der Waals surface area contributed by atoms with Crippen molar-refractivity contribution in [3.8, 4) is 0 Å². The SMILES string of the molecule is CCn1ncnc1CC(NC)c1cc(C)c(C)s1. The Bertz CT molecular complexity index is 495. The van der Waals surface area contributed by atoms with Crippen LogP contribution in [0.15, 0.2) is 12.4 Å². The van der Waals surface area contributed by atoms with Crippen LogP contribution >= 0.6 is 11.3 Å². The fourth-order valence-corrected chi connectivity index (χ4v) is 3.16. The van der Waals surface area contributed by atoms with Crippen molar-refractivity contribution in [2.24, 2.45) is 0 Å². The first kappa shape index (κ1) is 13.2. The Balaban J connectivity index is 2.19. The summed E-state index contributed by atoms with van der Waals surface area (Å²) in [6.45, 7) is 7.29. The molecule has 0 spiro atoms. The van der Waals surface area contributed by atoms with Crippen molar-refractivity contribution < 1.29 is 0 Å². The molecule has 0 radical (unpaired) electrons. The molecular weight excluding hydrogens is 244 g/mol. The normalized spacial score (nSPS) is 12.9. The van der Waals surface area contributed by atoms with Crippen molar-refractivity contribution in [2.45, 2.75) is 39.8 Å². The number of hydrogen-bond acceptors (Lipinski definition) is 4. The number of thiophene rings is 1. The van der Waals surface area contributed by atoms with Gasteiger partial charge in [-0.2, -0.15) is 5.10 Å². The second-order valence-electron chi connectivity index (χ2n) is 4.43. The Kier molecular flexibility index (Phi) is 4.14. The maximum absolute atomic E-state index is 4.35. The van der Waals surface area contributed by atoms with E-state index >= 15 is 0 Å². The highest BCUT2D eigenvalue weighted by Gasteiger charge is 2.16. The van der Waals surface area contributed by atoms with E-state index in [1.54, 1.807) is 6.33 Å². The Morgan fingerprint density at radius 2 is 2.22 bits per heavy atom. The van der Waals surface area contributed by atoms with Gasteiger partial charge >= 0.3 is 0 Å². The molecule has 0 fully saturated rings. The molecule has 2 aromatic rings. The second-order valence-corrected chi connectivity index (χ2v) is 5.71. The van der Waals surface area contributed by atoms with Crippen LogP contribution in [0.2, 0.25) is 0 Å². The Morgan fingerprint density at radius 1 is 1.44 bits per heavy atom. The summed E-state index contributed by atoms with van der Waals surface area (Å²) >= 11 is 1.86. The van der Waals surface area contributed by atoms with Crippen LogP contribution in [0.1, 0.15) is 34.1 Å². The Labute approximate surface area is 112 Å². The second kappa shape index (κ2) is 5.63. The third-order valence-corrected chi connectivity index (χ3v) is 4.53. The molecule has 0 bridgehead atoms. The molecule has 2 aromatic heterocycles. The van der Waals surface area contributed by atoms with Crippen molar-refractivity contribution in [1.82, 2.24) is 20.1 Å². The molecule has 0 aromatic carbocycles. The van der Waals surface area contributed by atoms with Gasteiger partial charge in [-0.15, -0.1) is 11.3 Å². The summed E-state index contributed by atoms with van der Waals surface area (Å²) in [5.74, 6) is 1.04. The number of rotatable bonds is 5. The van der Waals surface area contributed by atoms with Gasteiger partial charge in [0.25, 0.3) is 0 Å². The van der Waals surface area contributed by atoms with Crippen LogP contribution in [0.5, 0.6) is 0 Å². The monoisotopic (exact) mass is 264 g/mol. The van der Waals surface area contributed by atoms with Gasteiger partial charge in [-0.05, 0) is 39.4 Å². The van der Waals surface area contributed by atoms with E-state index in [9.17, 15) is 0 Å². The number of hydrogen-bond donors (Lipinski definition) is 1. The summed E-state index contributed by atoms with van der Waals surface area (Å²) in [6.07, 6.45) is 2.51. The average molecular weight is 264 g/mol. The van der Waals surface area contributed by atoms with Gasteiger partial charge < -0.3 is 5.32 Å². The lowest BCUT2D eigenvalue weighted by Crippen LogP contribution is -2.20. The minimum atomic E-state index is 0.317. The molecule has 4 nitrogen and oxygen atoms in total. The molecule has 1 N–H and O–H groups in total. The third-order valence-electron chi connectivity index (χ3n) is 3.26. The molecule has 18 heavy (non-hydrogen) atoms. The number of likely N-dealkylation sites (N-methyl/N-ethyl adjacent to an activating group) is 1. The summed E-state index contributed by atoms with van der Waals surface area (Å²) in [6, 6.07) is 2.59. The van der Waals surface area contributed by atoms with Gasteiger partial charge in [-0.25, -0.2) is 4.98 Å². The fourth-order valence-electron chi connectivity index (χ4n) is 2.01. The highest BCUT2D eigenvalue weighted by molar-refractivity contribution is 7.12. The summed E-state index contributed by atoms with van der Waals surface area (Å²) in [5, 5.41) is 7.60. The quantitative estimate of drug-likeness (QED) is 0.902.